The van der Waals surface area contributed by atoms with Crippen LogP contribution in [0.5, 0.6) is 0 Å². The lowest BCUT2D eigenvalue weighted by Crippen LogP contribution is -2.50. The van der Waals surface area contributed by atoms with Gasteiger partial charge in [0.05, 0.1) is 18.8 Å². The minimum Gasteiger partial charge on any atom is -0.394 e. The molecule has 5 nitrogen and oxygen atoms in total. The normalized spacial score (nSPS) is 13.2. The van der Waals surface area contributed by atoms with E-state index in [2.05, 4.69) is 19.2 Å². The number of hydrogen-bond acceptors (Lipinski definition) is 4. The Hall–Kier alpha value is -0.650. The fraction of sp³-hybridized carbons (Fsp3) is 0.981. The first-order valence-corrected chi connectivity index (χ1v) is 27.3. The van der Waals surface area contributed by atoms with Crippen LogP contribution in [0.15, 0.2) is 0 Å². The Bertz CT molecular complexity index is 792. The molecule has 0 aromatic rings. The maximum absolute atomic E-state index is 12.5. The third-order valence-electron chi connectivity index (χ3n) is 13.2. The Morgan fingerprint density at radius 2 is 0.576 bits per heavy atom. The third-order valence-corrected chi connectivity index (χ3v) is 13.2. The molecule has 0 aromatic heterocycles. The minimum absolute atomic E-state index is 0.137. The second kappa shape index (κ2) is 50.0. The molecule has 0 aliphatic carbocycles. The molecule has 0 aliphatic rings. The van der Waals surface area contributed by atoms with Crippen molar-refractivity contribution in [2.24, 2.45) is 0 Å². The average Bonchev–Trinajstić information content (AvgIpc) is 3.24. The fourth-order valence-corrected chi connectivity index (χ4v) is 8.99. The predicted octanol–water partition coefficient (Wildman–Crippen LogP) is 16.6. The topological polar surface area (TPSA) is 89.8 Å². The Morgan fingerprint density at radius 1 is 0.356 bits per heavy atom. The summed E-state index contributed by atoms with van der Waals surface area (Å²) in [6.07, 6.45) is 59.7. The van der Waals surface area contributed by atoms with Crippen LogP contribution >= 0.6 is 0 Å². The Labute approximate surface area is 370 Å². The first-order chi connectivity index (χ1) is 29.1. The van der Waals surface area contributed by atoms with E-state index in [1.165, 1.54) is 257 Å². The summed E-state index contributed by atoms with van der Waals surface area (Å²) in [5.41, 5.74) is 0. The van der Waals surface area contributed by atoms with Crippen molar-refractivity contribution in [2.45, 2.75) is 334 Å². The summed E-state index contributed by atoms with van der Waals surface area (Å²) in [5, 5.41) is 33.7. The molecule has 0 saturated heterocycles. The zero-order valence-corrected chi connectivity index (χ0v) is 40.4. The van der Waals surface area contributed by atoms with Crippen LogP contribution in [0.2, 0.25) is 0 Å². The lowest BCUT2D eigenvalue weighted by molar-refractivity contribution is -0.124. The van der Waals surface area contributed by atoms with E-state index < -0.39 is 18.2 Å². The van der Waals surface area contributed by atoms with Gasteiger partial charge >= 0.3 is 0 Å². The van der Waals surface area contributed by atoms with Gasteiger partial charge in [-0.3, -0.25) is 4.79 Å². The van der Waals surface area contributed by atoms with Crippen molar-refractivity contribution in [1.82, 2.24) is 5.32 Å². The van der Waals surface area contributed by atoms with Crippen molar-refractivity contribution >= 4 is 5.91 Å². The van der Waals surface area contributed by atoms with Gasteiger partial charge in [-0.15, -0.1) is 0 Å². The largest absolute Gasteiger partial charge is 0.394 e. The van der Waals surface area contributed by atoms with Gasteiger partial charge in [-0.25, -0.2) is 0 Å². The second-order valence-electron chi connectivity index (χ2n) is 19.2. The lowest BCUT2D eigenvalue weighted by Gasteiger charge is -2.26. The Balaban J connectivity index is 3.45. The average molecular weight is 836 g/mol. The van der Waals surface area contributed by atoms with Crippen LogP contribution in [0.25, 0.3) is 0 Å². The summed E-state index contributed by atoms with van der Waals surface area (Å²) in [7, 11) is 0. The van der Waals surface area contributed by atoms with Gasteiger partial charge in [-0.2, -0.15) is 0 Å². The number of nitrogens with one attached hydrogen (secondary N) is 1. The van der Waals surface area contributed by atoms with Crippen molar-refractivity contribution in [3.63, 3.8) is 0 Å². The van der Waals surface area contributed by atoms with Gasteiger partial charge < -0.3 is 20.6 Å². The van der Waals surface area contributed by atoms with Crippen molar-refractivity contribution < 1.29 is 20.1 Å². The van der Waals surface area contributed by atoms with Crippen LogP contribution in [0.4, 0.5) is 0 Å². The maximum Gasteiger partial charge on any atom is 0.220 e. The van der Waals surface area contributed by atoms with Crippen molar-refractivity contribution in [3.05, 3.63) is 0 Å². The molecule has 0 aliphatic heterocycles. The maximum atomic E-state index is 12.5. The molecule has 1 amide bonds. The van der Waals surface area contributed by atoms with Gasteiger partial charge in [0, 0.05) is 6.42 Å². The number of carbonyl (C=O) groups is 1. The molecule has 3 unspecified atom stereocenters. The molecule has 0 radical (unpaired) electrons. The number of unbranched alkanes of at least 4 members (excludes halogenated alkanes) is 43. The molecule has 0 saturated carbocycles. The van der Waals surface area contributed by atoms with E-state index in [9.17, 15) is 20.1 Å². The molecular weight excluding hydrogens is 727 g/mol. The molecule has 0 fully saturated rings. The van der Waals surface area contributed by atoms with Gasteiger partial charge in [0.2, 0.25) is 5.91 Å². The van der Waals surface area contributed by atoms with Crippen LogP contribution in [0.3, 0.4) is 0 Å². The fourth-order valence-electron chi connectivity index (χ4n) is 8.99. The number of aliphatic hydroxyl groups is 3. The number of hydrogen-bond donors (Lipinski definition) is 4. The zero-order chi connectivity index (χ0) is 43.0. The zero-order valence-electron chi connectivity index (χ0n) is 40.4. The van der Waals surface area contributed by atoms with Crippen LogP contribution in [-0.4, -0.2) is 46.1 Å². The van der Waals surface area contributed by atoms with E-state index in [1.807, 2.05) is 0 Å². The highest BCUT2D eigenvalue weighted by atomic mass is 16.3. The number of carbonyl (C=O) groups excluding carboxylic acids is 1. The van der Waals surface area contributed by atoms with Crippen LogP contribution < -0.4 is 5.32 Å². The highest BCUT2D eigenvalue weighted by Gasteiger charge is 2.26. The number of rotatable bonds is 51. The molecule has 0 bridgehead atoms. The van der Waals surface area contributed by atoms with Crippen molar-refractivity contribution in [2.75, 3.05) is 6.61 Å². The second-order valence-corrected chi connectivity index (χ2v) is 19.2. The molecular formula is C54H109NO4. The summed E-state index contributed by atoms with van der Waals surface area (Å²) in [5.74, 6) is -0.137. The summed E-state index contributed by atoms with van der Waals surface area (Å²) < 4.78 is 0. The van der Waals surface area contributed by atoms with Crippen LogP contribution in [-0.2, 0) is 4.79 Å². The number of amides is 1. The van der Waals surface area contributed by atoms with Gasteiger partial charge in [0.25, 0.3) is 0 Å². The third kappa shape index (κ3) is 45.2. The van der Waals surface area contributed by atoms with E-state index in [4.69, 9.17) is 0 Å². The first kappa shape index (κ1) is 58.4. The summed E-state index contributed by atoms with van der Waals surface area (Å²) >= 11 is 0. The molecule has 0 spiro atoms. The van der Waals surface area contributed by atoms with Crippen molar-refractivity contribution in [3.8, 4) is 0 Å². The van der Waals surface area contributed by atoms with E-state index in [0.717, 1.165) is 32.1 Å². The summed E-state index contributed by atoms with van der Waals surface area (Å²) in [6, 6.07) is -0.803. The summed E-state index contributed by atoms with van der Waals surface area (Å²) in [6.45, 7) is 4.22. The van der Waals surface area contributed by atoms with Crippen LogP contribution in [0.1, 0.15) is 316 Å². The van der Waals surface area contributed by atoms with Gasteiger partial charge in [0.15, 0.2) is 0 Å². The quantitative estimate of drug-likeness (QED) is 0.0460. The summed E-state index contributed by atoms with van der Waals surface area (Å²) in [4.78, 5) is 12.5. The standard InChI is InChI=1S/C54H109NO4/c1-3-5-7-9-11-13-15-17-19-20-21-22-23-24-25-26-27-28-29-30-31-32-33-35-37-39-41-43-45-47-49-53(58)55-51(50-56)54(59)52(57)48-46-44-42-40-38-36-34-18-16-14-12-10-8-6-4-2/h51-52,54,56-57,59H,3-50H2,1-2H3,(H,55,58). The van der Waals surface area contributed by atoms with Gasteiger partial charge in [0.1, 0.15) is 6.10 Å². The molecule has 0 heterocycles. The molecule has 59 heavy (non-hydrogen) atoms. The Kier molecular flexibility index (Phi) is 49.4. The minimum atomic E-state index is -1.13. The van der Waals surface area contributed by atoms with Gasteiger partial charge in [-0.05, 0) is 12.8 Å². The SMILES string of the molecule is CCCCCCCCCCCCCCCCCCCCCCCCCCCCCCCCC(=O)NC(CO)C(O)C(O)CCCCCCCCCCCCCCCCC. The smallest absolute Gasteiger partial charge is 0.220 e. The van der Waals surface area contributed by atoms with Crippen LogP contribution in [0, 0.1) is 0 Å². The molecule has 5 heteroatoms. The Morgan fingerprint density at radius 3 is 0.814 bits per heavy atom. The van der Waals surface area contributed by atoms with Crippen molar-refractivity contribution in [1.29, 1.82) is 0 Å². The molecule has 4 N–H and O–H groups in total. The highest BCUT2D eigenvalue weighted by Crippen LogP contribution is 2.18. The predicted molar refractivity (Wildman–Crippen MR) is 259 cm³/mol. The van der Waals surface area contributed by atoms with E-state index in [0.29, 0.717) is 12.8 Å². The molecule has 354 valence electrons. The molecule has 0 rings (SSSR count). The molecule has 0 aromatic carbocycles. The lowest BCUT2D eigenvalue weighted by atomic mass is 9.99. The monoisotopic (exact) mass is 836 g/mol. The number of aliphatic hydroxyl groups excluding tert-OH is 3. The first-order valence-electron chi connectivity index (χ1n) is 27.3. The van der Waals surface area contributed by atoms with E-state index in [-0.39, 0.29) is 12.5 Å². The van der Waals surface area contributed by atoms with Gasteiger partial charge in [-0.1, -0.05) is 296 Å². The molecule has 3 atom stereocenters. The highest BCUT2D eigenvalue weighted by molar-refractivity contribution is 5.76. The van der Waals surface area contributed by atoms with E-state index in [1.54, 1.807) is 0 Å². The van der Waals surface area contributed by atoms with E-state index >= 15 is 0 Å².